The zero-order valence-corrected chi connectivity index (χ0v) is 10.9. The van der Waals surface area contributed by atoms with Gasteiger partial charge in [-0.15, -0.1) is 0 Å². The lowest BCUT2D eigenvalue weighted by Crippen LogP contribution is -2.53. The van der Waals surface area contributed by atoms with Crippen molar-refractivity contribution < 1.29 is 4.79 Å². The van der Waals surface area contributed by atoms with Crippen molar-refractivity contribution in [1.29, 1.82) is 5.26 Å². The van der Waals surface area contributed by atoms with E-state index in [9.17, 15) is 4.79 Å². The molecule has 1 aliphatic carbocycles. The number of nitriles is 1. The molecule has 100 valence electrons. The first-order chi connectivity index (χ1) is 8.79. The van der Waals surface area contributed by atoms with Crippen LogP contribution in [0, 0.1) is 11.3 Å². The van der Waals surface area contributed by atoms with E-state index in [4.69, 9.17) is 5.26 Å². The van der Waals surface area contributed by atoms with Crippen molar-refractivity contribution in [3.63, 3.8) is 0 Å². The van der Waals surface area contributed by atoms with Crippen LogP contribution in [0.4, 0.5) is 4.79 Å². The van der Waals surface area contributed by atoms with Gasteiger partial charge in [0.05, 0.1) is 12.6 Å². The van der Waals surface area contributed by atoms with Crippen LogP contribution in [-0.2, 0) is 0 Å². The average molecular weight is 250 g/mol. The van der Waals surface area contributed by atoms with Crippen LogP contribution in [0.3, 0.4) is 0 Å². The van der Waals surface area contributed by atoms with Gasteiger partial charge in [-0.25, -0.2) is 4.79 Å². The van der Waals surface area contributed by atoms with E-state index in [1.165, 1.54) is 19.3 Å². The van der Waals surface area contributed by atoms with Crippen LogP contribution < -0.4 is 5.32 Å². The van der Waals surface area contributed by atoms with Crippen molar-refractivity contribution in [1.82, 2.24) is 15.1 Å². The zero-order chi connectivity index (χ0) is 12.8. The Balaban J connectivity index is 1.72. The van der Waals surface area contributed by atoms with Gasteiger partial charge in [-0.05, 0) is 12.8 Å². The van der Waals surface area contributed by atoms with E-state index in [-0.39, 0.29) is 6.03 Å². The van der Waals surface area contributed by atoms with Gasteiger partial charge in [0.1, 0.15) is 0 Å². The summed E-state index contributed by atoms with van der Waals surface area (Å²) in [7, 11) is 0. The van der Waals surface area contributed by atoms with Gasteiger partial charge in [-0.2, -0.15) is 5.26 Å². The smallest absolute Gasteiger partial charge is 0.317 e. The summed E-state index contributed by atoms with van der Waals surface area (Å²) in [5.41, 5.74) is 0. The summed E-state index contributed by atoms with van der Waals surface area (Å²) < 4.78 is 0. The third-order valence-electron chi connectivity index (χ3n) is 3.89. The normalized spacial score (nSPS) is 22.5. The van der Waals surface area contributed by atoms with E-state index >= 15 is 0 Å². The van der Waals surface area contributed by atoms with Gasteiger partial charge in [0.2, 0.25) is 0 Å². The van der Waals surface area contributed by atoms with E-state index in [1.54, 1.807) is 0 Å². The van der Waals surface area contributed by atoms with Crippen molar-refractivity contribution in [2.75, 3.05) is 32.7 Å². The van der Waals surface area contributed by atoms with Crippen LogP contribution in [0.2, 0.25) is 0 Å². The Labute approximate surface area is 109 Å². The Morgan fingerprint density at radius 2 is 1.83 bits per heavy atom. The Kier molecular flexibility index (Phi) is 4.82. The zero-order valence-electron chi connectivity index (χ0n) is 10.9. The second-order valence-electron chi connectivity index (χ2n) is 5.21. The third-order valence-corrected chi connectivity index (χ3v) is 3.89. The topological polar surface area (TPSA) is 59.4 Å². The molecule has 5 heteroatoms. The van der Waals surface area contributed by atoms with Crippen molar-refractivity contribution in [3.8, 4) is 6.07 Å². The second-order valence-corrected chi connectivity index (χ2v) is 5.21. The molecule has 1 saturated heterocycles. The molecule has 0 aromatic carbocycles. The molecular formula is C13H22N4O. The SMILES string of the molecule is N#CCN1CCN(C(=O)NC2CCCCC2)CC1. The number of urea groups is 1. The molecule has 0 aromatic heterocycles. The molecule has 0 unspecified atom stereocenters. The lowest BCUT2D eigenvalue weighted by atomic mass is 9.96. The number of piperazine rings is 1. The lowest BCUT2D eigenvalue weighted by molar-refractivity contribution is 0.143. The maximum absolute atomic E-state index is 12.1. The van der Waals surface area contributed by atoms with Gasteiger partial charge in [0, 0.05) is 32.2 Å². The fraction of sp³-hybridized carbons (Fsp3) is 0.846. The van der Waals surface area contributed by atoms with Crippen LogP contribution in [0.5, 0.6) is 0 Å². The standard InChI is InChI=1S/C13H22N4O/c14-6-7-16-8-10-17(11-9-16)13(18)15-12-4-2-1-3-5-12/h12H,1-5,7-11H2,(H,15,18). The molecule has 2 fully saturated rings. The van der Waals surface area contributed by atoms with Crippen LogP contribution in [0.1, 0.15) is 32.1 Å². The molecule has 0 bridgehead atoms. The summed E-state index contributed by atoms with van der Waals surface area (Å²) in [6.45, 7) is 3.57. The number of nitrogens with zero attached hydrogens (tertiary/aromatic N) is 3. The fourth-order valence-electron chi connectivity index (χ4n) is 2.72. The van der Waals surface area contributed by atoms with E-state index < -0.39 is 0 Å². The molecule has 1 saturated carbocycles. The number of rotatable bonds is 2. The van der Waals surface area contributed by atoms with Crippen LogP contribution in [0.25, 0.3) is 0 Å². The van der Waals surface area contributed by atoms with E-state index in [0.29, 0.717) is 12.6 Å². The lowest BCUT2D eigenvalue weighted by Gasteiger charge is -2.35. The van der Waals surface area contributed by atoms with Crippen molar-refractivity contribution in [3.05, 3.63) is 0 Å². The maximum Gasteiger partial charge on any atom is 0.317 e. The Hall–Kier alpha value is -1.28. The average Bonchev–Trinajstić information content (AvgIpc) is 2.41. The maximum atomic E-state index is 12.1. The highest BCUT2D eigenvalue weighted by atomic mass is 16.2. The number of carbonyl (C=O) groups excluding carboxylic acids is 1. The molecule has 0 radical (unpaired) electrons. The number of hydrogen-bond donors (Lipinski definition) is 1. The summed E-state index contributed by atoms with van der Waals surface area (Å²) in [6.07, 6.45) is 6.03. The first kappa shape index (κ1) is 13.2. The molecule has 1 N–H and O–H groups in total. The van der Waals surface area contributed by atoms with Crippen LogP contribution in [0.15, 0.2) is 0 Å². The van der Waals surface area contributed by atoms with Crippen LogP contribution >= 0.6 is 0 Å². The fourth-order valence-corrected chi connectivity index (χ4v) is 2.72. The van der Waals surface area contributed by atoms with Crippen molar-refractivity contribution in [2.24, 2.45) is 0 Å². The molecular weight excluding hydrogens is 228 g/mol. The molecule has 1 heterocycles. The van der Waals surface area contributed by atoms with Crippen LogP contribution in [-0.4, -0.2) is 54.6 Å². The van der Waals surface area contributed by atoms with E-state index in [2.05, 4.69) is 16.3 Å². The largest absolute Gasteiger partial charge is 0.335 e. The van der Waals surface area contributed by atoms with E-state index in [0.717, 1.165) is 39.0 Å². The van der Waals surface area contributed by atoms with Gasteiger partial charge in [0.25, 0.3) is 0 Å². The minimum absolute atomic E-state index is 0.0820. The van der Waals surface area contributed by atoms with Gasteiger partial charge in [-0.3, -0.25) is 4.90 Å². The van der Waals surface area contributed by atoms with Gasteiger partial charge >= 0.3 is 6.03 Å². The molecule has 2 amide bonds. The van der Waals surface area contributed by atoms with Gasteiger partial charge in [-0.1, -0.05) is 19.3 Å². The minimum atomic E-state index is 0.0820. The minimum Gasteiger partial charge on any atom is -0.335 e. The first-order valence-electron chi connectivity index (χ1n) is 6.94. The Morgan fingerprint density at radius 1 is 1.17 bits per heavy atom. The Bertz CT molecular complexity index is 311. The third kappa shape index (κ3) is 3.61. The highest BCUT2D eigenvalue weighted by molar-refractivity contribution is 5.74. The second kappa shape index (κ2) is 6.60. The quantitative estimate of drug-likeness (QED) is 0.748. The van der Waals surface area contributed by atoms with Gasteiger partial charge in [0.15, 0.2) is 0 Å². The molecule has 0 aromatic rings. The molecule has 2 aliphatic rings. The predicted octanol–water partition coefficient (Wildman–Crippen LogP) is 1.17. The highest BCUT2D eigenvalue weighted by Crippen LogP contribution is 2.17. The molecule has 0 atom stereocenters. The van der Waals surface area contributed by atoms with E-state index in [1.807, 2.05) is 4.90 Å². The monoisotopic (exact) mass is 250 g/mol. The number of hydrogen-bond acceptors (Lipinski definition) is 3. The molecule has 5 nitrogen and oxygen atoms in total. The first-order valence-corrected chi connectivity index (χ1v) is 6.94. The number of carbonyl (C=O) groups is 1. The summed E-state index contributed by atoms with van der Waals surface area (Å²) in [5.74, 6) is 0. The van der Waals surface area contributed by atoms with Gasteiger partial charge < -0.3 is 10.2 Å². The molecule has 0 spiro atoms. The summed E-state index contributed by atoms with van der Waals surface area (Å²) in [6, 6.07) is 2.61. The summed E-state index contributed by atoms with van der Waals surface area (Å²) in [5, 5.41) is 11.8. The predicted molar refractivity (Wildman–Crippen MR) is 69.0 cm³/mol. The van der Waals surface area contributed by atoms with Crippen molar-refractivity contribution >= 4 is 6.03 Å². The van der Waals surface area contributed by atoms with Crippen molar-refractivity contribution in [2.45, 2.75) is 38.1 Å². The number of nitrogens with one attached hydrogen (secondary N) is 1. The molecule has 2 rings (SSSR count). The Morgan fingerprint density at radius 3 is 2.44 bits per heavy atom. The summed E-state index contributed by atoms with van der Waals surface area (Å²) in [4.78, 5) is 16.0. The molecule has 1 aliphatic heterocycles. The molecule has 18 heavy (non-hydrogen) atoms. The summed E-state index contributed by atoms with van der Waals surface area (Å²) >= 11 is 0. The highest BCUT2D eigenvalue weighted by Gasteiger charge is 2.23. The number of amides is 2.